The van der Waals surface area contributed by atoms with E-state index >= 15 is 0 Å². The first-order valence-corrected chi connectivity index (χ1v) is 8.55. The maximum absolute atomic E-state index is 12.0. The fourth-order valence-electron chi connectivity index (χ4n) is 2.92. The quantitative estimate of drug-likeness (QED) is 0.654. The summed E-state index contributed by atoms with van der Waals surface area (Å²) in [6.45, 7) is 4.29. The number of aromatic nitrogens is 1. The Kier molecular flexibility index (Phi) is 6.50. The van der Waals surface area contributed by atoms with E-state index in [0.29, 0.717) is 6.42 Å². The van der Waals surface area contributed by atoms with Gasteiger partial charge in [0, 0.05) is 29.6 Å². The average Bonchev–Trinajstić information content (AvgIpc) is 2.90. The van der Waals surface area contributed by atoms with Crippen LogP contribution in [0, 0.1) is 0 Å². The highest BCUT2D eigenvalue weighted by molar-refractivity contribution is 5.83. The molecule has 0 aliphatic heterocycles. The number of hydrogen-bond donors (Lipinski definition) is 2. The van der Waals surface area contributed by atoms with Gasteiger partial charge in [0.1, 0.15) is 0 Å². The molecule has 0 aliphatic carbocycles. The van der Waals surface area contributed by atoms with Gasteiger partial charge in [-0.2, -0.15) is 0 Å². The highest BCUT2D eigenvalue weighted by Crippen LogP contribution is 2.19. The van der Waals surface area contributed by atoms with E-state index in [1.54, 1.807) is 0 Å². The molecule has 1 aromatic heterocycles. The molecule has 0 radical (unpaired) electrons. The van der Waals surface area contributed by atoms with Gasteiger partial charge in [-0.1, -0.05) is 50.8 Å². The van der Waals surface area contributed by atoms with Crippen molar-refractivity contribution in [2.75, 3.05) is 0 Å². The molecule has 22 heavy (non-hydrogen) atoms. The molecule has 0 spiro atoms. The lowest BCUT2D eigenvalue weighted by atomic mass is 10.1. The second kappa shape index (κ2) is 8.62. The van der Waals surface area contributed by atoms with E-state index in [2.05, 4.69) is 48.5 Å². The van der Waals surface area contributed by atoms with Gasteiger partial charge in [-0.05, 0) is 31.4 Å². The molecule has 1 aromatic carbocycles. The minimum atomic E-state index is 0.169. The first-order valence-electron chi connectivity index (χ1n) is 8.55. The van der Waals surface area contributed by atoms with Crippen molar-refractivity contribution < 1.29 is 4.79 Å². The van der Waals surface area contributed by atoms with Crippen molar-refractivity contribution in [1.29, 1.82) is 0 Å². The van der Waals surface area contributed by atoms with Crippen LogP contribution in [0.1, 0.15) is 57.9 Å². The lowest BCUT2D eigenvalue weighted by molar-refractivity contribution is -0.121. The Morgan fingerprint density at radius 1 is 1.18 bits per heavy atom. The van der Waals surface area contributed by atoms with Crippen LogP contribution in [0.15, 0.2) is 30.5 Å². The molecule has 2 N–H and O–H groups in total. The van der Waals surface area contributed by atoms with Crippen molar-refractivity contribution in [3.8, 4) is 0 Å². The van der Waals surface area contributed by atoms with Gasteiger partial charge >= 0.3 is 0 Å². The van der Waals surface area contributed by atoms with Crippen LogP contribution in [0.4, 0.5) is 0 Å². The van der Waals surface area contributed by atoms with Crippen molar-refractivity contribution in [3.63, 3.8) is 0 Å². The fourth-order valence-corrected chi connectivity index (χ4v) is 2.92. The molecule has 0 aliphatic rings. The van der Waals surface area contributed by atoms with Gasteiger partial charge in [0.2, 0.25) is 5.91 Å². The summed E-state index contributed by atoms with van der Waals surface area (Å²) in [5.41, 5.74) is 2.43. The smallest absolute Gasteiger partial charge is 0.220 e. The molecule has 0 saturated carbocycles. The minimum Gasteiger partial charge on any atom is -0.361 e. The number of amides is 1. The molecule has 3 nitrogen and oxygen atoms in total. The van der Waals surface area contributed by atoms with Crippen LogP contribution in [-0.4, -0.2) is 16.9 Å². The van der Waals surface area contributed by atoms with E-state index in [1.165, 1.54) is 30.2 Å². The predicted molar refractivity (Wildman–Crippen MR) is 93.0 cm³/mol. The molecule has 1 atom stereocenters. The van der Waals surface area contributed by atoms with Crippen LogP contribution in [-0.2, 0) is 11.2 Å². The van der Waals surface area contributed by atoms with Crippen LogP contribution in [0.2, 0.25) is 0 Å². The third-order valence-corrected chi connectivity index (χ3v) is 4.12. The molecule has 2 aromatic rings. The summed E-state index contributed by atoms with van der Waals surface area (Å²) in [5, 5.41) is 4.37. The van der Waals surface area contributed by atoms with Crippen molar-refractivity contribution in [3.05, 3.63) is 36.0 Å². The normalized spacial score (nSPS) is 12.5. The van der Waals surface area contributed by atoms with E-state index in [9.17, 15) is 4.79 Å². The fraction of sp³-hybridized carbons (Fsp3) is 0.526. The van der Waals surface area contributed by atoms with Crippen LogP contribution >= 0.6 is 0 Å². The van der Waals surface area contributed by atoms with Gasteiger partial charge in [0.05, 0.1) is 0 Å². The Bertz CT molecular complexity index is 588. The van der Waals surface area contributed by atoms with E-state index < -0.39 is 0 Å². The average molecular weight is 300 g/mol. The number of benzene rings is 1. The van der Waals surface area contributed by atoms with E-state index in [-0.39, 0.29) is 11.9 Å². The summed E-state index contributed by atoms with van der Waals surface area (Å²) in [6.07, 6.45) is 9.51. The largest absolute Gasteiger partial charge is 0.361 e. The number of para-hydroxylation sites is 1. The van der Waals surface area contributed by atoms with Crippen molar-refractivity contribution in [2.24, 2.45) is 0 Å². The Morgan fingerprint density at radius 3 is 2.77 bits per heavy atom. The van der Waals surface area contributed by atoms with E-state index in [4.69, 9.17) is 0 Å². The summed E-state index contributed by atoms with van der Waals surface area (Å²) in [6, 6.07) is 8.47. The topological polar surface area (TPSA) is 44.9 Å². The third kappa shape index (κ3) is 4.90. The molecular formula is C19H28N2O. The standard InChI is InChI=1S/C19H28N2O/c1-3-4-5-6-7-12-19(22)21-15(2)13-16-14-20-18-11-9-8-10-17(16)18/h8-11,14-15,20H,3-7,12-13H2,1-2H3,(H,21,22)/t15-/m0/s1. The number of aromatic amines is 1. The first-order chi connectivity index (χ1) is 10.7. The van der Waals surface area contributed by atoms with Gasteiger partial charge < -0.3 is 10.3 Å². The number of H-pyrrole nitrogens is 1. The number of carbonyl (C=O) groups excluding carboxylic acids is 1. The van der Waals surface area contributed by atoms with Crippen LogP contribution in [0.5, 0.6) is 0 Å². The highest BCUT2D eigenvalue weighted by atomic mass is 16.1. The molecule has 2 rings (SSSR count). The van der Waals surface area contributed by atoms with Crippen molar-refractivity contribution >= 4 is 16.8 Å². The third-order valence-electron chi connectivity index (χ3n) is 4.12. The molecule has 3 heteroatoms. The van der Waals surface area contributed by atoms with Gasteiger partial charge in [-0.15, -0.1) is 0 Å². The zero-order valence-electron chi connectivity index (χ0n) is 13.8. The summed E-state index contributed by atoms with van der Waals surface area (Å²) in [4.78, 5) is 15.2. The molecule has 0 saturated heterocycles. The second-order valence-corrected chi connectivity index (χ2v) is 6.20. The van der Waals surface area contributed by atoms with Crippen molar-refractivity contribution in [1.82, 2.24) is 10.3 Å². The van der Waals surface area contributed by atoms with Gasteiger partial charge in [-0.25, -0.2) is 0 Å². The molecule has 120 valence electrons. The van der Waals surface area contributed by atoms with E-state index in [1.807, 2.05) is 6.07 Å². The minimum absolute atomic E-state index is 0.169. The lowest BCUT2D eigenvalue weighted by Gasteiger charge is -2.13. The maximum atomic E-state index is 12.0. The summed E-state index contributed by atoms with van der Waals surface area (Å²) < 4.78 is 0. The Balaban J connectivity index is 1.75. The summed E-state index contributed by atoms with van der Waals surface area (Å²) in [7, 11) is 0. The molecular weight excluding hydrogens is 272 g/mol. The number of nitrogens with one attached hydrogen (secondary N) is 2. The van der Waals surface area contributed by atoms with Crippen LogP contribution < -0.4 is 5.32 Å². The van der Waals surface area contributed by atoms with Crippen molar-refractivity contribution in [2.45, 2.75) is 64.8 Å². The second-order valence-electron chi connectivity index (χ2n) is 6.20. The number of hydrogen-bond acceptors (Lipinski definition) is 1. The number of fused-ring (bicyclic) bond motifs is 1. The Hall–Kier alpha value is -1.77. The number of carbonyl (C=O) groups is 1. The Labute approximate surface area is 133 Å². The van der Waals surface area contributed by atoms with Crippen LogP contribution in [0.25, 0.3) is 10.9 Å². The lowest BCUT2D eigenvalue weighted by Crippen LogP contribution is -2.33. The molecule has 1 heterocycles. The molecule has 0 unspecified atom stereocenters. The highest BCUT2D eigenvalue weighted by Gasteiger charge is 2.10. The van der Waals surface area contributed by atoms with Gasteiger partial charge in [0.25, 0.3) is 0 Å². The summed E-state index contributed by atoms with van der Waals surface area (Å²) in [5.74, 6) is 0.184. The summed E-state index contributed by atoms with van der Waals surface area (Å²) >= 11 is 0. The zero-order chi connectivity index (χ0) is 15.8. The van der Waals surface area contributed by atoms with Gasteiger partial charge in [-0.3, -0.25) is 4.79 Å². The van der Waals surface area contributed by atoms with E-state index in [0.717, 1.165) is 24.8 Å². The van der Waals surface area contributed by atoms with Crippen LogP contribution in [0.3, 0.4) is 0 Å². The SMILES string of the molecule is CCCCCCCC(=O)N[C@@H](C)Cc1c[nH]c2ccccc12. The van der Waals surface area contributed by atoms with Gasteiger partial charge in [0.15, 0.2) is 0 Å². The molecule has 0 bridgehead atoms. The molecule has 1 amide bonds. The predicted octanol–water partition coefficient (Wildman–Crippen LogP) is 4.58. The first kappa shape index (κ1) is 16.6. The molecule has 0 fully saturated rings. The Morgan fingerprint density at radius 2 is 1.95 bits per heavy atom. The number of rotatable bonds is 9. The monoisotopic (exact) mass is 300 g/mol. The maximum Gasteiger partial charge on any atom is 0.220 e. The number of unbranched alkanes of at least 4 members (excludes halogenated alkanes) is 4. The zero-order valence-corrected chi connectivity index (χ0v) is 13.8.